The predicted octanol–water partition coefficient (Wildman–Crippen LogP) is 4.00. The fraction of sp³-hybridized carbons (Fsp3) is 0.125. The van der Waals surface area contributed by atoms with Crippen molar-refractivity contribution in [2.24, 2.45) is 0 Å². The molecule has 4 rings (SSSR count). The number of nitrogens with zero attached hydrogens (tertiary/aromatic N) is 1. The number of phenolic OH excluding ortho intramolecular Hbond substituents is 1. The number of nitrogens with one attached hydrogen (secondary N) is 1. The Morgan fingerprint density at radius 3 is 2.48 bits per heavy atom. The summed E-state index contributed by atoms with van der Waals surface area (Å²) >= 11 is 0. The number of anilines is 1. The van der Waals surface area contributed by atoms with Crippen LogP contribution in [0.4, 0.5) is 10.5 Å². The van der Waals surface area contributed by atoms with Gasteiger partial charge in [-0.1, -0.05) is 37.3 Å². The Kier molecular flexibility index (Phi) is 5.41. The second-order valence-corrected chi connectivity index (χ2v) is 7.02. The van der Waals surface area contributed by atoms with E-state index in [4.69, 9.17) is 4.74 Å². The van der Waals surface area contributed by atoms with Crippen LogP contribution in [0.5, 0.6) is 11.5 Å². The summed E-state index contributed by atoms with van der Waals surface area (Å²) in [5.74, 6) is -0.996. The highest BCUT2D eigenvalue weighted by atomic mass is 16.5. The maximum Gasteiger partial charge on any atom is 0.335 e. The van der Waals surface area contributed by atoms with Gasteiger partial charge >= 0.3 is 6.03 Å². The highest BCUT2D eigenvalue weighted by Gasteiger charge is 2.37. The number of barbiturate groups is 1. The van der Waals surface area contributed by atoms with Crippen LogP contribution in [0.15, 0.2) is 66.2 Å². The van der Waals surface area contributed by atoms with Crippen molar-refractivity contribution >= 4 is 40.4 Å². The van der Waals surface area contributed by atoms with Crippen LogP contribution in [0.1, 0.15) is 18.9 Å². The van der Waals surface area contributed by atoms with Crippen LogP contribution in [0.2, 0.25) is 0 Å². The molecule has 31 heavy (non-hydrogen) atoms. The van der Waals surface area contributed by atoms with Gasteiger partial charge in [-0.3, -0.25) is 14.9 Å². The second-order valence-electron chi connectivity index (χ2n) is 7.02. The Bertz CT molecular complexity index is 1210. The molecule has 0 saturated carbocycles. The summed E-state index contributed by atoms with van der Waals surface area (Å²) in [4.78, 5) is 39.0. The third kappa shape index (κ3) is 3.85. The van der Waals surface area contributed by atoms with Crippen molar-refractivity contribution in [2.75, 3.05) is 11.5 Å². The first-order valence-corrected chi connectivity index (χ1v) is 9.84. The maximum absolute atomic E-state index is 13.2. The van der Waals surface area contributed by atoms with E-state index >= 15 is 0 Å². The topological polar surface area (TPSA) is 95.9 Å². The van der Waals surface area contributed by atoms with Crippen molar-refractivity contribution in [3.05, 3.63) is 71.8 Å². The third-order valence-corrected chi connectivity index (χ3v) is 4.89. The van der Waals surface area contributed by atoms with Crippen LogP contribution in [-0.4, -0.2) is 29.6 Å². The molecule has 3 aromatic carbocycles. The number of urea groups is 1. The monoisotopic (exact) mass is 416 g/mol. The molecule has 1 saturated heterocycles. The molecule has 0 bridgehead atoms. The fourth-order valence-corrected chi connectivity index (χ4v) is 3.40. The van der Waals surface area contributed by atoms with Gasteiger partial charge in [0, 0.05) is 5.56 Å². The number of hydrogen-bond donors (Lipinski definition) is 2. The molecule has 4 amide bonds. The first kappa shape index (κ1) is 20.2. The van der Waals surface area contributed by atoms with Crippen molar-refractivity contribution in [2.45, 2.75) is 13.3 Å². The Hall–Kier alpha value is -4.13. The average Bonchev–Trinajstić information content (AvgIpc) is 2.76. The number of aromatic hydroxyl groups is 1. The van der Waals surface area contributed by atoms with Crippen molar-refractivity contribution < 1.29 is 24.2 Å². The van der Waals surface area contributed by atoms with Gasteiger partial charge in [0.05, 0.1) is 12.3 Å². The largest absolute Gasteiger partial charge is 0.508 e. The molecule has 156 valence electrons. The van der Waals surface area contributed by atoms with Gasteiger partial charge in [-0.2, -0.15) is 0 Å². The predicted molar refractivity (Wildman–Crippen MR) is 117 cm³/mol. The minimum absolute atomic E-state index is 0.00562. The molecule has 0 spiro atoms. The fourth-order valence-electron chi connectivity index (χ4n) is 3.40. The lowest BCUT2D eigenvalue weighted by atomic mass is 9.99. The van der Waals surface area contributed by atoms with Crippen molar-refractivity contribution in [3.8, 4) is 11.5 Å². The summed E-state index contributed by atoms with van der Waals surface area (Å²) in [6.07, 6.45) is 2.26. The van der Waals surface area contributed by atoms with Gasteiger partial charge in [-0.15, -0.1) is 0 Å². The zero-order valence-electron chi connectivity index (χ0n) is 16.8. The minimum atomic E-state index is -0.849. The number of phenols is 1. The van der Waals surface area contributed by atoms with E-state index in [2.05, 4.69) is 5.32 Å². The zero-order valence-corrected chi connectivity index (χ0v) is 16.8. The lowest BCUT2D eigenvalue weighted by Gasteiger charge is -2.26. The number of ether oxygens (including phenoxy) is 1. The molecule has 0 aromatic heterocycles. The van der Waals surface area contributed by atoms with E-state index < -0.39 is 17.8 Å². The summed E-state index contributed by atoms with van der Waals surface area (Å²) in [5.41, 5.74) is 0.634. The summed E-state index contributed by atoms with van der Waals surface area (Å²) in [6.45, 7) is 2.46. The van der Waals surface area contributed by atoms with E-state index in [-0.39, 0.29) is 17.0 Å². The molecular weight excluding hydrogens is 396 g/mol. The van der Waals surface area contributed by atoms with Gasteiger partial charge in [-0.25, -0.2) is 9.69 Å². The molecule has 7 heteroatoms. The van der Waals surface area contributed by atoms with Crippen LogP contribution < -0.4 is 15.0 Å². The van der Waals surface area contributed by atoms with Crippen molar-refractivity contribution in [3.63, 3.8) is 0 Å². The Morgan fingerprint density at radius 2 is 1.74 bits per heavy atom. The summed E-state index contributed by atoms with van der Waals surface area (Å²) in [7, 11) is 0. The van der Waals surface area contributed by atoms with Crippen LogP contribution >= 0.6 is 0 Å². The van der Waals surface area contributed by atoms with Gasteiger partial charge in [0.2, 0.25) is 0 Å². The lowest BCUT2D eigenvalue weighted by molar-refractivity contribution is -0.122. The number of imide groups is 2. The standard InChI is InChI=1S/C24H20N2O5/c1-2-13-31-21-12-7-15-5-3-4-6-18(15)19(21)14-20-22(28)25-24(30)26(23(20)29)16-8-10-17(27)11-9-16/h3-12,14,27H,2,13H2,1H3,(H,25,28,30)/b20-14+. The van der Waals surface area contributed by atoms with E-state index in [1.165, 1.54) is 30.3 Å². The molecule has 1 heterocycles. The number of hydrogen-bond acceptors (Lipinski definition) is 5. The molecular formula is C24H20N2O5. The van der Waals surface area contributed by atoms with Crippen LogP contribution in [-0.2, 0) is 9.59 Å². The molecule has 1 aliphatic heterocycles. The minimum Gasteiger partial charge on any atom is -0.508 e. The van der Waals surface area contributed by atoms with E-state index in [9.17, 15) is 19.5 Å². The van der Waals surface area contributed by atoms with Crippen LogP contribution in [0.3, 0.4) is 0 Å². The van der Waals surface area contributed by atoms with Gasteiger partial charge in [0.25, 0.3) is 11.8 Å². The SMILES string of the molecule is CCCOc1ccc2ccccc2c1/C=C1\C(=O)NC(=O)N(c2ccc(O)cc2)C1=O. The molecule has 0 unspecified atom stereocenters. The van der Waals surface area contributed by atoms with E-state index in [0.717, 1.165) is 22.1 Å². The lowest BCUT2D eigenvalue weighted by Crippen LogP contribution is -2.54. The van der Waals surface area contributed by atoms with Crippen LogP contribution in [0.25, 0.3) is 16.8 Å². The number of carbonyl (C=O) groups excluding carboxylic acids is 3. The second kappa shape index (κ2) is 8.31. The van der Waals surface area contributed by atoms with E-state index in [1.807, 2.05) is 37.3 Å². The number of fused-ring (bicyclic) bond motifs is 1. The number of carbonyl (C=O) groups is 3. The molecule has 0 radical (unpaired) electrons. The van der Waals surface area contributed by atoms with Gasteiger partial charge in [0.15, 0.2) is 0 Å². The molecule has 0 atom stereocenters. The van der Waals surface area contributed by atoms with Gasteiger partial charge < -0.3 is 9.84 Å². The number of rotatable bonds is 5. The summed E-state index contributed by atoms with van der Waals surface area (Å²) in [6, 6.07) is 16.0. The Balaban J connectivity index is 1.84. The molecule has 7 nitrogen and oxygen atoms in total. The van der Waals surface area contributed by atoms with Gasteiger partial charge in [-0.05, 0) is 53.6 Å². The molecule has 1 aliphatic rings. The Morgan fingerprint density at radius 1 is 1.00 bits per heavy atom. The zero-order chi connectivity index (χ0) is 22.0. The Labute approximate surface area is 178 Å². The van der Waals surface area contributed by atoms with E-state index in [0.29, 0.717) is 17.9 Å². The maximum atomic E-state index is 13.2. The van der Waals surface area contributed by atoms with Gasteiger partial charge in [0.1, 0.15) is 17.1 Å². The molecule has 1 fully saturated rings. The summed E-state index contributed by atoms with van der Waals surface area (Å²) < 4.78 is 5.86. The molecule has 2 N–H and O–H groups in total. The molecule has 3 aromatic rings. The van der Waals surface area contributed by atoms with Crippen LogP contribution in [0, 0.1) is 0 Å². The van der Waals surface area contributed by atoms with Crippen molar-refractivity contribution in [1.82, 2.24) is 5.32 Å². The molecule has 0 aliphatic carbocycles. The normalized spacial score (nSPS) is 15.5. The highest BCUT2D eigenvalue weighted by molar-refractivity contribution is 6.39. The third-order valence-electron chi connectivity index (χ3n) is 4.89. The van der Waals surface area contributed by atoms with Crippen molar-refractivity contribution in [1.29, 1.82) is 0 Å². The summed E-state index contributed by atoms with van der Waals surface area (Å²) in [5, 5.41) is 13.4. The van der Waals surface area contributed by atoms with E-state index in [1.54, 1.807) is 6.07 Å². The average molecular weight is 416 g/mol. The first-order valence-electron chi connectivity index (χ1n) is 9.84. The first-order chi connectivity index (χ1) is 15.0. The number of amides is 4. The number of benzene rings is 3. The highest BCUT2D eigenvalue weighted by Crippen LogP contribution is 2.32. The smallest absolute Gasteiger partial charge is 0.335 e. The quantitative estimate of drug-likeness (QED) is 0.484.